The lowest BCUT2D eigenvalue weighted by Gasteiger charge is -2.37. The van der Waals surface area contributed by atoms with Crippen LogP contribution in [0.1, 0.15) is 43.7 Å². The van der Waals surface area contributed by atoms with Crippen LogP contribution in [0.15, 0.2) is 18.2 Å². The van der Waals surface area contributed by atoms with Crippen molar-refractivity contribution in [3.8, 4) is 6.07 Å². The number of nitriles is 1. The van der Waals surface area contributed by atoms with Gasteiger partial charge in [0.1, 0.15) is 11.9 Å². The number of benzene rings is 1. The Balaban J connectivity index is 1.74. The molecule has 112 valence electrons. The monoisotopic (exact) mass is 287 g/mol. The molecule has 3 nitrogen and oxygen atoms in total. The highest BCUT2D eigenvalue weighted by Gasteiger charge is 2.35. The van der Waals surface area contributed by atoms with Crippen molar-refractivity contribution >= 4 is 0 Å². The highest BCUT2D eigenvalue weighted by molar-refractivity contribution is 5.34. The minimum absolute atomic E-state index is 0.147. The van der Waals surface area contributed by atoms with E-state index in [1.54, 1.807) is 18.2 Å². The lowest BCUT2D eigenvalue weighted by atomic mass is 9.97. The van der Waals surface area contributed by atoms with Gasteiger partial charge in [0.05, 0.1) is 5.56 Å². The molecule has 2 saturated heterocycles. The Morgan fingerprint density at radius 1 is 1.33 bits per heavy atom. The summed E-state index contributed by atoms with van der Waals surface area (Å²) in [7, 11) is 0. The summed E-state index contributed by atoms with van der Waals surface area (Å²) in [5, 5.41) is 12.6. The van der Waals surface area contributed by atoms with Gasteiger partial charge in [0.25, 0.3) is 0 Å². The average molecular weight is 287 g/mol. The molecule has 0 amide bonds. The van der Waals surface area contributed by atoms with E-state index >= 15 is 0 Å². The topological polar surface area (TPSA) is 39.1 Å². The van der Waals surface area contributed by atoms with Crippen LogP contribution in [0.25, 0.3) is 0 Å². The third-order valence-corrected chi connectivity index (χ3v) is 4.94. The van der Waals surface area contributed by atoms with Gasteiger partial charge in [-0.15, -0.1) is 0 Å². The molecule has 21 heavy (non-hydrogen) atoms. The zero-order chi connectivity index (χ0) is 14.8. The van der Waals surface area contributed by atoms with Gasteiger partial charge in [-0.1, -0.05) is 19.1 Å². The number of hydrogen-bond acceptors (Lipinski definition) is 3. The normalized spacial score (nSPS) is 27.8. The van der Waals surface area contributed by atoms with Crippen molar-refractivity contribution in [1.29, 1.82) is 5.26 Å². The molecule has 1 aromatic rings. The Labute approximate surface area is 125 Å². The molecular formula is C17H22FN3. The highest BCUT2D eigenvalue weighted by atomic mass is 19.1. The Morgan fingerprint density at radius 2 is 2.05 bits per heavy atom. The first-order chi connectivity index (χ1) is 10.2. The Kier molecular flexibility index (Phi) is 4.23. The predicted octanol–water partition coefficient (Wildman–Crippen LogP) is 2.80. The highest BCUT2D eigenvalue weighted by Crippen LogP contribution is 2.30. The van der Waals surface area contributed by atoms with Crippen molar-refractivity contribution in [3.63, 3.8) is 0 Å². The van der Waals surface area contributed by atoms with E-state index in [0.717, 1.165) is 19.4 Å². The van der Waals surface area contributed by atoms with Crippen molar-refractivity contribution in [2.75, 3.05) is 6.54 Å². The number of piperidine rings is 1. The molecule has 4 heteroatoms. The summed E-state index contributed by atoms with van der Waals surface area (Å²) in [6.45, 7) is 3.65. The van der Waals surface area contributed by atoms with Crippen molar-refractivity contribution in [2.24, 2.45) is 0 Å². The SMILES string of the molecule is CCN(Cc1cccc(C#N)c1F)C1CC2CCC(C1)N2. The van der Waals surface area contributed by atoms with Crippen LogP contribution >= 0.6 is 0 Å². The number of halogens is 1. The van der Waals surface area contributed by atoms with Crippen LogP contribution < -0.4 is 5.32 Å². The van der Waals surface area contributed by atoms with Crippen molar-refractivity contribution in [1.82, 2.24) is 10.2 Å². The summed E-state index contributed by atoms with van der Waals surface area (Å²) in [5.41, 5.74) is 0.788. The molecule has 2 unspecified atom stereocenters. The van der Waals surface area contributed by atoms with E-state index in [2.05, 4.69) is 17.1 Å². The molecule has 1 aromatic carbocycles. The summed E-state index contributed by atoms with van der Waals surface area (Å²) >= 11 is 0. The maximum Gasteiger partial charge on any atom is 0.145 e. The lowest BCUT2D eigenvalue weighted by Crippen LogP contribution is -2.48. The number of fused-ring (bicyclic) bond motifs is 2. The minimum Gasteiger partial charge on any atom is -0.311 e. The van der Waals surface area contributed by atoms with Crippen molar-refractivity contribution in [2.45, 2.75) is 57.3 Å². The number of rotatable bonds is 4. The molecule has 2 fully saturated rings. The second-order valence-electron chi connectivity index (χ2n) is 6.22. The maximum absolute atomic E-state index is 14.2. The molecule has 0 spiro atoms. The molecule has 2 aliphatic rings. The van der Waals surface area contributed by atoms with Gasteiger partial charge in [0.2, 0.25) is 0 Å². The van der Waals surface area contributed by atoms with Gasteiger partial charge in [-0.25, -0.2) is 4.39 Å². The molecule has 2 bridgehead atoms. The minimum atomic E-state index is -0.352. The summed E-state index contributed by atoms with van der Waals surface area (Å²) in [4.78, 5) is 2.37. The standard InChI is InChI=1S/C17H22FN3/c1-2-21(16-8-14-6-7-15(9-16)20-14)11-13-5-3-4-12(10-19)17(13)18/h3-5,14-16,20H,2,6-9,11H2,1H3. The first kappa shape index (κ1) is 14.5. The van der Waals surface area contributed by atoms with Gasteiger partial charge < -0.3 is 5.32 Å². The van der Waals surface area contributed by atoms with Crippen LogP contribution in [-0.2, 0) is 6.54 Å². The van der Waals surface area contributed by atoms with Crippen LogP contribution in [0.4, 0.5) is 4.39 Å². The van der Waals surface area contributed by atoms with Crippen LogP contribution in [-0.4, -0.2) is 29.6 Å². The van der Waals surface area contributed by atoms with Crippen LogP contribution in [0, 0.1) is 17.1 Å². The molecule has 0 saturated carbocycles. The average Bonchev–Trinajstić information content (AvgIpc) is 2.84. The van der Waals surface area contributed by atoms with Crippen LogP contribution in [0.3, 0.4) is 0 Å². The zero-order valence-electron chi connectivity index (χ0n) is 12.5. The van der Waals surface area contributed by atoms with Gasteiger partial charge >= 0.3 is 0 Å². The summed E-state index contributed by atoms with van der Waals surface area (Å²) in [6.07, 6.45) is 4.86. The molecule has 2 heterocycles. The number of hydrogen-bond donors (Lipinski definition) is 1. The fourth-order valence-electron chi connectivity index (χ4n) is 3.83. The van der Waals surface area contributed by atoms with E-state index in [1.165, 1.54) is 12.8 Å². The van der Waals surface area contributed by atoms with Gasteiger partial charge in [-0.05, 0) is 38.3 Å². The fourth-order valence-corrected chi connectivity index (χ4v) is 3.83. The Hall–Kier alpha value is -1.44. The summed E-state index contributed by atoms with van der Waals surface area (Å²) in [5.74, 6) is -0.352. The fraction of sp³-hybridized carbons (Fsp3) is 0.588. The van der Waals surface area contributed by atoms with Crippen LogP contribution in [0.5, 0.6) is 0 Å². The molecule has 3 rings (SSSR count). The molecule has 0 aliphatic carbocycles. The predicted molar refractivity (Wildman–Crippen MR) is 80.2 cm³/mol. The van der Waals surface area contributed by atoms with E-state index < -0.39 is 0 Å². The number of nitrogens with one attached hydrogen (secondary N) is 1. The van der Waals surface area contributed by atoms with Crippen LogP contribution in [0.2, 0.25) is 0 Å². The quantitative estimate of drug-likeness (QED) is 0.925. The summed E-state index contributed by atoms with van der Waals surface area (Å²) < 4.78 is 14.2. The molecule has 2 aliphatic heterocycles. The Bertz CT molecular complexity index is 539. The first-order valence-electron chi connectivity index (χ1n) is 7.88. The zero-order valence-corrected chi connectivity index (χ0v) is 12.5. The second-order valence-corrected chi connectivity index (χ2v) is 6.22. The maximum atomic E-state index is 14.2. The van der Waals surface area contributed by atoms with Gasteiger partial charge in [-0.3, -0.25) is 4.90 Å². The van der Waals surface area contributed by atoms with E-state index in [4.69, 9.17) is 5.26 Å². The van der Waals surface area contributed by atoms with Gasteiger partial charge in [0, 0.05) is 30.2 Å². The van der Waals surface area contributed by atoms with Crippen molar-refractivity contribution < 1.29 is 4.39 Å². The largest absolute Gasteiger partial charge is 0.311 e. The molecule has 1 N–H and O–H groups in total. The number of nitrogens with zero attached hydrogens (tertiary/aromatic N) is 2. The van der Waals surface area contributed by atoms with E-state index in [0.29, 0.717) is 30.2 Å². The van der Waals surface area contributed by atoms with E-state index in [1.807, 2.05) is 6.07 Å². The smallest absolute Gasteiger partial charge is 0.145 e. The third kappa shape index (κ3) is 2.95. The third-order valence-electron chi connectivity index (χ3n) is 4.94. The van der Waals surface area contributed by atoms with E-state index in [-0.39, 0.29) is 11.4 Å². The van der Waals surface area contributed by atoms with Crippen molar-refractivity contribution in [3.05, 3.63) is 35.1 Å². The first-order valence-corrected chi connectivity index (χ1v) is 7.88. The van der Waals surface area contributed by atoms with Gasteiger partial charge in [0.15, 0.2) is 0 Å². The molecule has 2 atom stereocenters. The summed E-state index contributed by atoms with van der Waals surface area (Å²) in [6, 6.07) is 8.84. The molecule has 0 aromatic heterocycles. The van der Waals surface area contributed by atoms with Gasteiger partial charge in [-0.2, -0.15) is 5.26 Å². The molecule has 0 radical (unpaired) electrons. The lowest BCUT2D eigenvalue weighted by molar-refractivity contribution is 0.139. The van der Waals surface area contributed by atoms with E-state index in [9.17, 15) is 4.39 Å². The Morgan fingerprint density at radius 3 is 2.67 bits per heavy atom. The molecular weight excluding hydrogens is 265 g/mol. The second kappa shape index (κ2) is 6.13.